The van der Waals surface area contributed by atoms with Gasteiger partial charge in [-0.1, -0.05) is 126 Å². The van der Waals surface area contributed by atoms with Crippen LogP contribution in [0.5, 0.6) is 0 Å². The number of esters is 2. The van der Waals surface area contributed by atoms with E-state index < -0.39 is 30.0 Å². The Morgan fingerprint density at radius 2 is 1.60 bits per heavy atom. The highest BCUT2D eigenvalue weighted by molar-refractivity contribution is 8.76. The first kappa shape index (κ1) is 53.4. The minimum atomic E-state index is -0.880. The van der Waals surface area contributed by atoms with Crippen LogP contribution in [0.2, 0.25) is 10.2 Å². The SMILES string of the molecule is CCCCc1nc(Cl)c(CC)n1Cc1ccc(-c2ccccc2-[n+]2nnn(C(=O)OCCSSCCOC(=O)NCCOCC3=C(C(=O)OCC)C(c4ccccc4Cl)C(C(=O)OC)=C(C)N3)n2)cc1. The van der Waals surface area contributed by atoms with Crippen molar-refractivity contribution in [2.45, 2.75) is 65.8 Å². The summed E-state index contributed by atoms with van der Waals surface area (Å²) in [5, 5.41) is 18.9. The van der Waals surface area contributed by atoms with Crippen LogP contribution in [-0.4, -0.2) is 112 Å². The second kappa shape index (κ2) is 26.9. The van der Waals surface area contributed by atoms with Gasteiger partial charge >= 0.3 is 24.1 Å². The summed E-state index contributed by atoms with van der Waals surface area (Å²) in [6, 6.07) is 22.8. The third-order valence-corrected chi connectivity index (χ3v) is 13.8. The Hall–Kier alpha value is -5.93. The van der Waals surface area contributed by atoms with Gasteiger partial charge in [-0.2, -0.15) is 0 Å². The average molecular weight is 1040 g/mol. The van der Waals surface area contributed by atoms with E-state index in [9.17, 15) is 19.2 Å². The van der Waals surface area contributed by atoms with Gasteiger partial charge in [0.05, 0.1) is 55.4 Å². The molecule has 1 amide bonds. The highest BCUT2D eigenvalue weighted by atomic mass is 35.5. The van der Waals surface area contributed by atoms with Gasteiger partial charge in [-0.25, -0.2) is 24.2 Å². The number of para-hydroxylation sites is 1. The van der Waals surface area contributed by atoms with Crippen molar-refractivity contribution in [3.63, 3.8) is 0 Å². The molecule has 1 aliphatic rings. The number of carbonyl (C=O) groups is 4. The summed E-state index contributed by atoms with van der Waals surface area (Å²) in [7, 11) is 4.16. The maximum Gasteiger partial charge on any atom is 0.535 e. The number of hydrogen-bond acceptors (Lipinski definition) is 16. The topological polar surface area (TPSA) is 204 Å². The summed E-state index contributed by atoms with van der Waals surface area (Å²) in [5.74, 6) is -0.198. The first-order valence-electron chi connectivity index (χ1n) is 22.7. The number of aromatic nitrogens is 7. The molecule has 1 aliphatic heterocycles. The fourth-order valence-electron chi connectivity index (χ4n) is 7.60. The highest BCUT2D eigenvalue weighted by Crippen LogP contribution is 2.42. The molecular weight excluding hydrogens is 982 g/mol. The van der Waals surface area contributed by atoms with E-state index in [-0.39, 0.29) is 50.7 Å². The van der Waals surface area contributed by atoms with Crippen molar-refractivity contribution in [3.05, 3.63) is 128 Å². The third-order valence-electron chi connectivity index (χ3n) is 10.9. The van der Waals surface area contributed by atoms with Gasteiger partial charge in [0.15, 0.2) is 10.8 Å². The Labute approximate surface area is 424 Å². The summed E-state index contributed by atoms with van der Waals surface area (Å²) in [6.45, 7) is 8.76. The molecule has 70 heavy (non-hydrogen) atoms. The third kappa shape index (κ3) is 13.9. The maximum atomic E-state index is 13.4. The number of imidazole rings is 1. The molecule has 1 unspecified atom stereocenters. The van der Waals surface area contributed by atoms with Gasteiger partial charge in [0, 0.05) is 47.3 Å². The second-order valence-corrected chi connectivity index (χ2v) is 18.9. The van der Waals surface area contributed by atoms with Crippen LogP contribution in [0.1, 0.15) is 69.1 Å². The van der Waals surface area contributed by atoms with Gasteiger partial charge in [0.25, 0.3) is 0 Å². The van der Waals surface area contributed by atoms with Crippen molar-refractivity contribution in [3.8, 4) is 16.8 Å². The molecule has 0 saturated carbocycles. The number of amides is 1. The lowest BCUT2D eigenvalue weighted by molar-refractivity contribution is -0.719. The van der Waals surface area contributed by atoms with E-state index in [1.54, 1.807) is 38.1 Å². The predicted octanol–water partition coefficient (Wildman–Crippen LogP) is 7.83. The lowest BCUT2D eigenvalue weighted by Gasteiger charge is -2.31. The Bertz CT molecular complexity index is 2680. The van der Waals surface area contributed by atoms with E-state index in [1.807, 2.05) is 36.4 Å². The number of alkyl carbamates (subject to hydrolysis) is 1. The molecule has 0 spiro atoms. The van der Waals surface area contributed by atoms with Crippen molar-refractivity contribution in [1.82, 2.24) is 40.6 Å². The largest absolute Gasteiger partial charge is 0.535 e. The van der Waals surface area contributed by atoms with E-state index in [1.165, 1.54) is 33.5 Å². The number of carbonyl (C=O) groups excluding carboxylic acids is 4. The van der Waals surface area contributed by atoms with E-state index >= 15 is 0 Å². The molecule has 0 bridgehead atoms. The molecular formula is C48H56Cl2N9O9S2+. The molecule has 6 rings (SSSR count). The van der Waals surface area contributed by atoms with Gasteiger partial charge < -0.3 is 38.9 Å². The monoisotopic (exact) mass is 1040 g/mol. The van der Waals surface area contributed by atoms with Gasteiger partial charge in [0.1, 0.15) is 34.3 Å². The van der Waals surface area contributed by atoms with Gasteiger partial charge in [-0.05, 0) is 60.3 Å². The fourth-order valence-corrected chi connectivity index (χ4v) is 9.83. The zero-order valence-electron chi connectivity index (χ0n) is 39.6. The van der Waals surface area contributed by atoms with E-state index in [0.29, 0.717) is 50.9 Å². The summed E-state index contributed by atoms with van der Waals surface area (Å²) in [5.41, 5.74) is 6.32. The zero-order valence-corrected chi connectivity index (χ0v) is 42.7. The highest BCUT2D eigenvalue weighted by Gasteiger charge is 2.39. The number of nitrogens with zero attached hydrogens (tertiary/aromatic N) is 7. The zero-order chi connectivity index (χ0) is 50.0. The van der Waals surface area contributed by atoms with Crippen LogP contribution < -0.4 is 15.4 Å². The molecule has 0 saturated heterocycles. The van der Waals surface area contributed by atoms with Crippen LogP contribution in [0.15, 0.2) is 95.3 Å². The Morgan fingerprint density at radius 3 is 2.31 bits per heavy atom. The number of methoxy groups -OCH3 is 1. The van der Waals surface area contributed by atoms with Gasteiger partial charge in [0.2, 0.25) is 5.21 Å². The molecule has 5 aromatic rings. The smallest absolute Gasteiger partial charge is 0.466 e. The van der Waals surface area contributed by atoms with Crippen LogP contribution in [0.3, 0.4) is 0 Å². The van der Waals surface area contributed by atoms with Crippen LogP contribution >= 0.6 is 44.8 Å². The number of nitrogens with one attached hydrogen (secondary N) is 2. The van der Waals surface area contributed by atoms with Crippen molar-refractivity contribution in [2.75, 3.05) is 58.2 Å². The molecule has 0 radical (unpaired) electrons. The van der Waals surface area contributed by atoms with Crippen LogP contribution in [-0.2, 0) is 52.7 Å². The Balaban J connectivity index is 0.897. The number of aryl methyl sites for hydroxylation is 1. The molecule has 2 N–H and O–H groups in total. The second-order valence-electron chi connectivity index (χ2n) is 15.5. The molecule has 0 aliphatic carbocycles. The number of hydrogen-bond donors (Lipinski definition) is 2. The quantitative estimate of drug-likeness (QED) is 0.0199. The summed E-state index contributed by atoms with van der Waals surface area (Å²) in [4.78, 5) is 58.2. The maximum absolute atomic E-state index is 13.4. The van der Waals surface area contributed by atoms with Crippen LogP contribution in [0.25, 0.3) is 16.8 Å². The number of dihydropyridines is 1. The number of benzene rings is 3. The van der Waals surface area contributed by atoms with Crippen LogP contribution in [0, 0.1) is 0 Å². The number of allylic oxidation sites excluding steroid dienone is 1. The molecule has 2 aromatic heterocycles. The summed E-state index contributed by atoms with van der Waals surface area (Å²) >= 11 is 13.1. The minimum Gasteiger partial charge on any atom is -0.466 e. The molecule has 18 nitrogen and oxygen atoms in total. The molecule has 0 fully saturated rings. The fraction of sp³-hybridized carbons (Fsp3) is 0.396. The first-order chi connectivity index (χ1) is 34.0. The Kier molecular flexibility index (Phi) is 20.5. The average Bonchev–Trinajstić information content (AvgIpc) is 3.98. The Morgan fingerprint density at radius 1 is 0.871 bits per heavy atom. The van der Waals surface area contributed by atoms with Crippen molar-refractivity contribution in [2.24, 2.45) is 0 Å². The first-order valence-corrected chi connectivity index (χ1v) is 26.0. The number of halogens is 2. The summed E-state index contributed by atoms with van der Waals surface area (Å²) < 4.78 is 29.2. The molecule has 3 heterocycles. The number of ether oxygens (including phenoxy) is 5. The van der Waals surface area contributed by atoms with E-state index in [2.05, 4.69) is 61.8 Å². The lowest BCUT2D eigenvalue weighted by atomic mass is 9.80. The van der Waals surface area contributed by atoms with Crippen molar-refractivity contribution in [1.29, 1.82) is 0 Å². The standard InChI is InChI=1S/C48H55Cl2N9O9S2/c1-6-9-18-40-53-44(50)38(7-2)57(40)29-32-19-21-33(22-20-32)34-14-11-13-17-39(34)58-54-55-59(56-58)48(63)68-26-28-70-69-27-25-67-47(62)51-23-24-65-30-37-43(46(61)66-8-3)42(35-15-10-12-16-36(35)49)41(31(4)52-37)45(60)64-5/h10-17,19-22,42H,6-9,18,23-30H2,1-5H3,(H-,51,52,60,61,62)/p+1. The predicted molar refractivity (Wildman–Crippen MR) is 267 cm³/mol. The van der Waals surface area contributed by atoms with Gasteiger partial charge in [-0.15, -0.1) is 0 Å². The van der Waals surface area contributed by atoms with Gasteiger partial charge in [-0.3, -0.25) is 0 Å². The van der Waals surface area contributed by atoms with Crippen molar-refractivity contribution < 1.29 is 47.7 Å². The summed E-state index contributed by atoms with van der Waals surface area (Å²) in [6.07, 6.45) is 2.38. The van der Waals surface area contributed by atoms with Crippen LogP contribution in [0.4, 0.5) is 9.59 Å². The normalized spacial score (nSPS) is 13.5. The molecule has 1 atom stereocenters. The lowest BCUT2D eigenvalue weighted by Crippen LogP contribution is -2.38. The molecule has 22 heteroatoms. The van der Waals surface area contributed by atoms with E-state index in [0.717, 1.165) is 58.7 Å². The number of unbranched alkanes of at least 4 members (excludes halogenated alkanes) is 1. The number of rotatable bonds is 24. The minimum absolute atomic E-state index is 0.0631. The molecule has 372 valence electrons. The van der Waals surface area contributed by atoms with E-state index in [4.69, 9.17) is 46.9 Å². The molecule has 3 aromatic carbocycles. The van der Waals surface area contributed by atoms with Crippen molar-refractivity contribution >= 4 is 68.9 Å².